The predicted molar refractivity (Wildman–Crippen MR) is 74.8 cm³/mol. The molecular formula is C13H20F3N5. The summed E-state index contributed by atoms with van der Waals surface area (Å²) in [4.78, 5) is 8.96. The number of anilines is 2. The molecular weight excluding hydrogens is 283 g/mol. The fraction of sp³-hybridized carbons (Fsp3) is 0.692. The summed E-state index contributed by atoms with van der Waals surface area (Å²) >= 11 is 0. The maximum absolute atomic E-state index is 12.6. The van der Waals surface area contributed by atoms with E-state index in [1.54, 1.807) is 0 Å². The molecule has 5 nitrogen and oxygen atoms in total. The topological polar surface area (TPSA) is 67.1 Å². The van der Waals surface area contributed by atoms with Crippen LogP contribution in [0.2, 0.25) is 0 Å². The lowest BCUT2D eigenvalue weighted by Gasteiger charge is -2.38. The molecule has 0 aliphatic carbocycles. The van der Waals surface area contributed by atoms with Crippen LogP contribution in [0.1, 0.15) is 25.6 Å². The number of nitrogens with zero attached hydrogens (tertiary/aromatic N) is 3. The largest absolute Gasteiger partial charge is 0.451 e. The minimum Gasteiger partial charge on any atom is -0.384 e. The molecule has 0 amide bonds. The van der Waals surface area contributed by atoms with E-state index < -0.39 is 12.0 Å². The van der Waals surface area contributed by atoms with Crippen molar-refractivity contribution in [1.29, 1.82) is 0 Å². The number of piperidine rings is 1. The molecule has 1 aromatic rings. The number of rotatable bonds is 3. The number of nitrogen functional groups attached to an aromatic ring is 1. The van der Waals surface area contributed by atoms with Crippen molar-refractivity contribution in [1.82, 2.24) is 14.9 Å². The van der Waals surface area contributed by atoms with Crippen LogP contribution in [0.15, 0.2) is 6.07 Å². The zero-order valence-corrected chi connectivity index (χ0v) is 12.2. The van der Waals surface area contributed by atoms with Crippen LogP contribution in [0.4, 0.5) is 24.8 Å². The van der Waals surface area contributed by atoms with Gasteiger partial charge in [-0.15, -0.1) is 0 Å². The number of hydrogen-bond acceptors (Lipinski definition) is 5. The van der Waals surface area contributed by atoms with Gasteiger partial charge in [-0.3, -0.25) is 0 Å². The molecule has 21 heavy (non-hydrogen) atoms. The number of likely N-dealkylation sites (tertiary alicyclic amines) is 1. The van der Waals surface area contributed by atoms with Crippen LogP contribution in [0.25, 0.3) is 0 Å². The highest BCUT2D eigenvalue weighted by Crippen LogP contribution is 2.31. The van der Waals surface area contributed by atoms with Gasteiger partial charge in [0.05, 0.1) is 0 Å². The summed E-state index contributed by atoms with van der Waals surface area (Å²) in [5.41, 5.74) is 5.46. The van der Waals surface area contributed by atoms with Crippen LogP contribution >= 0.6 is 0 Å². The van der Waals surface area contributed by atoms with E-state index in [0.717, 1.165) is 25.9 Å². The van der Waals surface area contributed by atoms with E-state index in [4.69, 9.17) is 5.73 Å². The van der Waals surface area contributed by atoms with Crippen LogP contribution in [0, 0.1) is 5.41 Å². The van der Waals surface area contributed by atoms with Gasteiger partial charge in [-0.1, -0.05) is 6.92 Å². The molecule has 1 aromatic heterocycles. The smallest absolute Gasteiger partial charge is 0.384 e. The molecule has 1 aliphatic rings. The molecule has 0 aromatic carbocycles. The normalized spacial score (nSPS) is 19.5. The molecule has 8 heteroatoms. The summed E-state index contributed by atoms with van der Waals surface area (Å²) in [6.45, 7) is 4.66. The quantitative estimate of drug-likeness (QED) is 0.896. The third kappa shape index (κ3) is 4.20. The lowest BCUT2D eigenvalue weighted by molar-refractivity contribution is -0.144. The van der Waals surface area contributed by atoms with Crippen molar-refractivity contribution >= 4 is 11.6 Å². The first-order valence-corrected chi connectivity index (χ1v) is 6.82. The van der Waals surface area contributed by atoms with Gasteiger partial charge in [0, 0.05) is 12.6 Å². The summed E-state index contributed by atoms with van der Waals surface area (Å²) in [6, 6.07) is 1.33. The SMILES string of the molecule is CN1CCC(C)(CNc2cc(N)nc(C(F)(F)F)n2)CC1. The highest BCUT2D eigenvalue weighted by molar-refractivity contribution is 5.45. The highest BCUT2D eigenvalue weighted by atomic mass is 19.4. The molecule has 0 unspecified atom stereocenters. The molecule has 1 aliphatic heterocycles. The van der Waals surface area contributed by atoms with Crippen LogP contribution in [0.5, 0.6) is 0 Å². The Morgan fingerprint density at radius 1 is 1.33 bits per heavy atom. The van der Waals surface area contributed by atoms with Crippen LogP contribution in [-0.2, 0) is 6.18 Å². The number of nitrogens with one attached hydrogen (secondary N) is 1. The number of aromatic nitrogens is 2. The first kappa shape index (κ1) is 15.8. The Balaban J connectivity index is 2.05. The summed E-state index contributed by atoms with van der Waals surface area (Å²) in [7, 11) is 2.06. The molecule has 1 fully saturated rings. The van der Waals surface area contributed by atoms with E-state index >= 15 is 0 Å². The van der Waals surface area contributed by atoms with Crippen molar-refractivity contribution < 1.29 is 13.2 Å². The second-order valence-electron chi connectivity index (χ2n) is 5.97. The van der Waals surface area contributed by atoms with E-state index in [-0.39, 0.29) is 17.1 Å². The molecule has 0 saturated carbocycles. The Kier molecular flexibility index (Phi) is 4.27. The van der Waals surface area contributed by atoms with E-state index in [9.17, 15) is 13.2 Å². The van der Waals surface area contributed by atoms with E-state index in [0.29, 0.717) is 6.54 Å². The van der Waals surface area contributed by atoms with Crippen LogP contribution in [0.3, 0.4) is 0 Å². The Bertz CT molecular complexity index is 495. The fourth-order valence-electron chi connectivity index (χ4n) is 2.32. The minimum atomic E-state index is -4.59. The number of halogens is 3. The van der Waals surface area contributed by atoms with Gasteiger partial charge in [0.2, 0.25) is 5.82 Å². The minimum absolute atomic E-state index is 0.0462. The van der Waals surface area contributed by atoms with Gasteiger partial charge in [-0.05, 0) is 38.4 Å². The van der Waals surface area contributed by atoms with Gasteiger partial charge in [-0.2, -0.15) is 13.2 Å². The second kappa shape index (κ2) is 5.67. The molecule has 118 valence electrons. The molecule has 0 atom stereocenters. The molecule has 1 saturated heterocycles. The van der Waals surface area contributed by atoms with Crippen molar-refractivity contribution in [2.75, 3.05) is 37.7 Å². The van der Waals surface area contributed by atoms with E-state index in [1.807, 2.05) is 0 Å². The average Bonchev–Trinajstić information content (AvgIpc) is 2.39. The van der Waals surface area contributed by atoms with Gasteiger partial charge in [-0.25, -0.2) is 9.97 Å². The molecule has 3 N–H and O–H groups in total. The Hall–Kier alpha value is -1.57. The van der Waals surface area contributed by atoms with E-state index in [1.165, 1.54) is 6.07 Å². The van der Waals surface area contributed by atoms with Gasteiger partial charge in [0.15, 0.2) is 0 Å². The van der Waals surface area contributed by atoms with Crippen molar-refractivity contribution in [2.45, 2.75) is 25.9 Å². The van der Waals surface area contributed by atoms with Gasteiger partial charge in [0.1, 0.15) is 11.6 Å². The molecule has 0 spiro atoms. The van der Waals surface area contributed by atoms with Crippen molar-refractivity contribution in [3.8, 4) is 0 Å². The fourth-order valence-corrected chi connectivity index (χ4v) is 2.32. The molecule has 2 heterocycles. The highest BCUT2D eigenvalue weighted by Gasteiger charge is 2.35. The monoisotopic (exact) mass is 303 g/mol. The zero-order chi connectivity index (χ0) is 15.7. The molecule has 0 radical (unpaired) electrons. The Morgan fingerprint density at radius 2 is 1.95 bits per heavy atom. The predicted octanol–water partition coefficient (Wildman–Crippen LogP) is 2.22. The second-order valence-corrected chi connectivity index (χ2v) is 5.97. The summed E-state index contributed by atoms with van der Waals surface area (Å²) in [5, 5.41) is 2.97. The Labute approximate surface area is 121 Å². The summed E-state index contributed by atoms with van der Waals surface area (Å²) < 4.78 is 37.9. The standard InChI is InChI=1S/C13H20F3N5/c1-12(3-5-21(2)6-4-12)8-18-10-7-9(17)19-11(20-10)13(14,15)16/h7H,3-6,8H2,1-2H3,(H3,17,18,19,20). The van der Waals surface area contributed by atoms with Crippen molar-refractivity contribution in [2.24, 2.45) is 5.41 Å². The summed E-state index contributed by atoms with van der Waals surface area (Å²) in [5.74, 6) is -1.28. The molecule has 2 rings (SSSR count). The van der Waals surface area contributed by atoms with Crippen molar-refractivity contribution in [3.05, 3.63) is 11.9 Å². The molecule has 0 bridgehead atoms. The average molecular weight is 303 g/mol. The Morgan fingerprint density at radius 3 is 2.52 bits per heavy atom. The summed E-state index contributed by atoms with van der Waals surface area (Å²) in [6.07, 6.45) is -2.62. The lowest BCUT2D eigenvalue weighted by atomic mass is 9.80. The third-order valence-electron chi connectivity index (χ3n) is 3.89. The van der Waals surface area contributed by atoms with E-state index in [2.05, 4.69) is 34.2 Å². The number of hydrogen-bond donors (Lipinski definition) is 2. The first-order valence-electron chi connectivity index (χ1n) is 6.82. The van der Waals surface area contributed by atoms with Crippen LogP contribution in [-0.4, -0.2) is 41.5 Å². The lowest BCUT2D eigenvalue weighted by Crippen LogP contribution is -2.40. The van der Waals surface area contributed by atoms with Crippen molar-refractivity contribution in [3.63, 3.8) is 0 Å². The number of alkyl halides is 3. The third-order valence-corrected chi connectivity index (χ3v) is 3.89. The number of nitrogens with two attached hydrogens (primary N) is 1. The maximum Gasteiger partial charge on any atom is 0.451 e. The van der Waals surface area contributed by atoms with Gasteiger partial charge in [0.25, 0.3) is 0 Å². The first-order chi connectivity index (χ1) is 9.68. The van der Waals surface area contributed by atoms with Gasteiger partial charge < -0.3 is 16.0 Å². The van der Waals surface area contributed by atoms with Gasteiger partial charge >= 0.3 is 6.18 Å². The zero-order valence-electron chi connectivity index (χ0n) is 12.2. The maximum atomic E-state index is 12.6. The van der Waals surface area contributed by atoms with Crippen LogP contribution < -0.4 is 11.1 Å².